The molecule has 0 aliphatic rings. The van der Waals surface area contributed by atoms with Gasteiger partial charge < -0.3 is 0 Å². The zero-order valence-corrected chi connectivity index (χ0v) is 22.0. The largest absolute Gasteiger partial charge is 0.244 e. The van der Waals surface area contributed by atoms with Crippen LogP contribution >= 0.6 is 0 Å². The zero-order valence-electron chi connectivity index (χ0n) is 22.0. The Bertz CT molecular complexity index is 914. The predicted molar refractivity (Wildman–Crippen MR) is 145 cm³/mol. The minimum absolute atomic E-state index is 0.0212. The number of benzene rings is 2. The van der Waals surface area contributed by atoms with Gasteiger partial charge in [-0.15, -0.1) is 0 Å². The Labute approximate surface area is 209 Å². The van der Waals surface area contributed by atoms with Crippen molar-refractivity contribution in [1.82, 2.24) is 4.57 Å². The summed E-state index contributed by atoms with van der Waals surface area (Å²) in [6.07, 6.45) is 21.2. The summed E-state index contributed by atoms with van der Waals surface area (Å²) in [7, 11) is 0. The van der Waals surface area contributed by atoms with Gasteiger partial charge in [-0.3, -0.25) is 0 Å². The van der Waals surface area contributed by atoms with Crippen LogP contribution in [0.1, 0.15) is 102 Å². The van der Waals surface area contributed by atoms with E-state index in [1.165, 1.54) is 75.3 Å². The van der Waals surface area contributed by atoms with Crippen molar-refractivity contribution in [2.24, 2.45) is 0 Å². The molecule has 3 rings (SSSR count). The molecule has 0 bridgehead atoms. The average molecular weight is 460 g/mol. The molecular formula is C32H47N2+. The number of aryl methyl sites for hydroxylation is 1. The van der Waals surface area contributed by atoms with E-state index in [1.807, 2.05) is 0 Å². The fourth-order valence-corrected chi connectivity index (χ4v) is 5.44. The maximum Gasteiger partial charge on any atom is 0.244 e. The molecule has 2 aromatic carbocycles. The SMILES string of the molecule is CCCCCCCC[n+]1ccn(C(CCCCC)C(C)(Cc2ccccc2)c2ccccc2)c1. The summed E-state index contributed by atoms with van der Waals surface area (Å²) in [6.45, 7) is 8.21. The second kappa shape index (κ2) is 14.1. The predicted octanol–water partition coefficient (Wildman–Crippen LogP) is 8.46. The van der Waals surface area contributed by atoms with Crippen LogP contribution in [0.4, 0.5) is 0 Å². The molecule has 184 valence electrons. The zero-order chi connectivity index (χ0) is 24.1. The van der Waals surface area contributed by atoms with Gasteiger partial charge in [0.1, 0.15) is 18.4 Å². The summed E-state index contributed by atoms with van der Waals surface area (Å²) in [5, 5.41) is 0. The molecule has 2 nitrogen and oxygen atoms in total. The first-order valence-corrected chi connectivity index (χ1v) is 13.8. The van der Waals surface area contributed by atoms with Crippen molar-refractivity contribution in [3.8, 4) is 0 Å². The van der Waals surface area contributed by atoms with E-state index in [4.69, 9.17) is 0 Å². The first-order chi connectivity index (χ1) is 16.7. The standard InChI is InChI=1S/C32H47N2/c1-4-6-8-9-10-18-24-33-25-26-34(28-33)31(23-13-7-5-2)32(3,30-21-16-12-17-22-30)27-29-19-14-11-15-20-29/h11-12,14-17,19-22,25-26,28,31H,4-10,13,18,23-24,27H2,1-3H3/q+1. The summed E-state index contributed by atoms with van der Waals surface area (Å²) in [6, 6.07) is 22.7. The molecule has 0 aliphatic heterocycles. The van der Waals surface area contributed by atoms with Crippen LogP contribution in [-0.2, 0) is 18.4 Å². The summed E-state index contributed by atoms with van der Waals surface area (Å²) in [5.74, 6) is 0. The van der Waals surface area contributed by atoms with Crippen molar-refractivity contribution in [1.29, 1.82) is 0 Å². The third-order valence-corrected chi connectivity index (χ3v) is 7.51. The van der Waals surface area contributed by atoms with Crippen molar-refractivity contribution in [3.63, 3.8) is 0 Å². The number of aromatic nitrogens is 2. The smallest absolute Gasteiger partial charge is 0.237 e. The van der Waals surface area contributed by atoms with Crippen molar-refractivity contribution in [2.45, 2.75) is 109 Å². The first-order valence-electron chi connectivity index (χ1n) is 13.8. The lowest BCUT2D eigenvalue weighted by atomic mass is 9.70. The molecule has 0 amide bonds. The van der Waals surface area contributed by atoms with E-state index in [9.17, 15) is 0 Å². The highest BCUT2D eigenvalue weighted by molar-refractivity contribution is 5.30. The fraction of sp³-hybridized carbons (Fsp3) is 0.531. The summed E-state index contributed by atoms with van der Waals surface area (Å²) in [4.78, 5) is 0. The summed E-state index contributed by atoms with van der Waals surface area (Å²) < 4.78 is 4.95. The van der Waals surface area contributed by atoms with Crippen molar-refractivity contribution < 1.29 is 4.57 Å². The van der Waals surface area contributed by atoms with Crippen LogP contribution in [0.2, 0.25) is 0 Å². The highest BCUT2D eigenvalue weighted by Gasteiger charge is 2.40. The Hall–Kier alpha value is -2.35. The Morgan fingerprint density at radius 1 is 0.765 bits per heavy atom. The topological polar surface area (TPSA) is 8.81 Å². The number of nitrogens with zero attached hydrogens (tertiary/aromatic N) is 2. The van der Waals surface area contributed by atoms with E-state index in [2.05, 4.69) is 109 Å². The number of hydrogen-bond acceptors (Lipinski definition) is 0. The minimum atomic E-state index is 0.0212. The molecule has 0 radical (unpaired) electrons. The lowest BCUT2D eigenvalue weighted by Crippen LogP contribution is -2.38. The van der Waals surface area contributed by atoms with Crippen LogP contribution in [-0.4, -0.2) is 4.57 Å². The van der Waals surface area contributed by atoms with E-state index >= 15 is 0 Å². The molecule has 3 aromatic rings. The number of rotatable bonds is 16. The van der Waals surface area contributed by atoms with Crippen molar-refractivity contribution in [3.05, 3.63) is 90.5 Å². The molecule has 2 unspecified atom stereocenters. The molecule has 1 heterocycles. The molecule has 2 heteroatoms. The third kappa shape index (κ3) is 7.58. The van der Waals surface area contributed by atoms with Gasteiger partial charge in [-0.1, -0.05) is 120 Å². The summed E-state index contributed by atoms with van der Waals surface area (Å²) >= 11 is 0. The highest BCUT2D eigenvalue weighted by atomic mass is 15.1. The van der Waals surface area contributed by atoms with Crippen LogP contribution < -0.4 is 4.57 Å². The van der Waals surface area contributed by atoms with Crippen LogP contribution in [0.5, 0.6) is 0 Å². The van der Waals surface area contributed by atoms with Gasteiger partial charge in [0.2, 0.25) is 6.33 Å². The third-order valence-electron chi connectivity index (χ3n) is 7.51. The van der Waals surface area contributed by atoms with Gasteiger partial charge in [0.05, 0.1) is 6.54 Å². The van der Waals surface area contributed by atoms with Crippen LogP contribution in [0.3, 0.4) is 0 Å². The second-order valence-corrected chi connectivity index (χ2v) is 10.3. The maximum atomic E-state index is 2.53. The number of imidazole rings is 1. The molecule has 0 aliphatic carbocycles. The second-order valence-electron chi connectivity index (χ2n) is 10.3. The van der Waals surface area contributed by atoms with Gasteiger partial charge in [0.15, 0.2) is 0 Å². The van der Waals surface area contributed by atoms with Gasteiger partial charge in [0.25, 0.3) is 0 Å². The molecule has 34 heavy (non-hydrogen) atoms. The normalized spacial score (nSPS) is 14.1. The molecular weight excluding hydrogens is 412 g/mol. The average Bonchev–Trinajstić information content (AvgIpc) is 3.33. The molecule has 1 aromatic heterocycles. The maximum absolute atomic E-state index is 2.53. The van der Waals surface area contributed by atoms with Gasteiger partial charge in [-0.25, -0.2) is 9.13 Å². The van der Waals surface area contributed by atoms with E-state index in [-0.39, 0.29) is 5.41 Å². The van der Waals surface area contributed by atoms with E-state index in [0.717, 1.165) is 13.0 Å². The lowest BCUT2D eigenvalue weighted by Gasteiger charge is -2.37. The highest BCUT2D eigenvalue weighted by Crippen LogP contribution is 2.41. The lowest BCUT2D eigenvalue weighted by molar-refractivity contribution is -0.697. The molecule has 0 saturated heterocycles. The Morgan fingerprint density at radius 3 is 2.09 bits per heavy atom. The van der Waals surface area contributed by atoms with Gasteiger partial charge in [-0.05, 0) is 43.2 Å². The fourth-order valence-electron chi connectivity index (χ4n) is 5.44. The Balaban J connectivity index is 1.83. The van der Waals surface area contributed by atoms with E-state index in [1.54, 1.807) is 0 Å². The minimum Gasteiger partial charge on any atom is -0.237 e. The van der Waals surface area contributed by atoms with E-state index in [0.29, 0.717) is 6.04 Å². The van der Waals surface area contributed by atoms with E-state index < -0.39 is 0 Å². The van der Waals surface area contributed by atoms with Crippen LogP contribution in [0, 0.1) is 0 Å². The molecule has 0 fully saturated rings. The van der Waals surface area contributed by atoms with Crippen LogP contribution in [0.15, 0.2) is 79.4 Å². The first kappa shape index (κ1) is 26.3. The molecule has 0 spiro atoms. The molecule has 2 atom stereocenters. The van der Waals surface area contributed by atoms with Crippen molar-refractivity contribution >= 4 is 0 Å². The Kier molecular flexibility index (Phi) is 10.9. The van der Waals surface area contributed by atoms with Crippen molar-refractivity contribution in [2.75, 3.05) is 0 Å². The Morgan fingerprint density at radius 2 is 1.38 bits per heavy atom. The molecule has 0 N–H and O–H groups in total. The van der Waals surface area contributed by atoms with Gasteiger partial charge >= 0.3 is 0 Å². The number of hydrogen-bond donors (Lipinski definition) is 0. The summed E-state index contributed by atoms with van der Waals surface area (Å²) in [5.41, 5.74) is 2.88. The molecule has 0 saturated carbocycles. The monoisotopic (exact) mass is 459 g/mol. The van der Waals surface area contributed by atoms with Crippen LogP contribution in [0.25, 0.3) is 0 Å². The van der Waals surface area contributed by atoms with Gasteiger partial charge in [0, 0.05) is 5.41 Å². The number of unbranched alkanes of at least 4 members (excludes halogenated alkanes) is 7. The van der Waals surface area contributed by atoms with Gasteiger partial charge in [-0.2, -0.15) is 0 Å². The quantitative estimate of drug-likeness (QED) is 0.150.